The van der Waals surface area contributed by atoms with E-state index in [2.05, 4.69) is 20.8 Å². The van der Waals surface area contributed by atoms with E-state index >= 15 is 0 Å². The normalized spacial score (nSPS) is 20.9. The maximum atomic E-state index is 12.6. The van der Waals surface area contributed by atoms with Crippen LogP contribution in [0.15, 0.2) is 20.0 Å². The second-order valence-corrected chi connectivity index (χ2v) is 7.82. The van der Waals surface area contributed by atoms with Gasteiger partial charge in [0, 0.05) is 25.7 Å². The zero-order valence-corrected chi connectivity index (χ0v) is 14.1. The molecule has 1 atom stereocenters. The van der Waals surface area contributed by atoms with Crippen LogP contribution in [0, 0.1) is 0 Å². The van der Waals surface area contributed by atoms with Gasteiger partial charge in [-0.05, 0) is 42.4 Å². The van der Waals surface area contributed by atoms with Gasteiger partial charge in [0.1, 0.15) is 4.90 Å². The lowest BCUT2D eigenvalue weighted by molar-refractivity contribution is 0.0661. The van der Waals surface area contributed by atoms with E-state index in [1.54, 1.807) is 0 Å². The van der Waals surface area contributed by atoms with Crippen LogP contribution in [-0.2, 0) is 10.0 Å². The molecule has 0 aromatic carbocycles. The van der Waals surface area contributed by atoms with Crippen LogP contribution in [0.2, 0.25) is 0 Å². The van der Waals surface area contributed by atoms with Gasteiger partial charge in [-0.15, -0.1) is 0 Å². The quantitative estimate of drug-likeness (QED) is 0.849. The second-order valence-electron chi connectivity index (χ2n) is 5.13. The highest BCUT2D eigenvalue weighted by molar-refractivity contribution is 9.10. The first-order valence-electron chi connectivity index (χ1n) is 6.42. The third-order valence-electron chi connectivity index (χ3n) is 3.64. The Morgan fingerprint density at radius 3 is 2.76 bits per heavy atom. The van der Waals surface area contributed by atoms with E-state index in [-0.39, 0.29) is 15.6 Å². The van der Waals surface area contributed by atoms with Crippen molar-refractivity contribution in [2.45, 2.75) is 23.8 Å². The molecule has 2 rings (SSSR count). The molecule has 0 radical (unpaired) electrons. The summed E-state index contributed by atoms with van der Waals surface area (Å²) in [7, 11) is -0.342. The van der Waals surface area contributed by atoms with Gasteiger partial charge in [0.05, 0.1) is 0 Å². The lowest BCUT2D eigenvalue weighted by Gasteiger charge is -2.34. The van der Waals surface area contributed by atoms with Crippen LogP contribution in [0.3, 0.4) is 0 Å². The first-order valence-corrected chi connectivity index (χ1v) is 8.66. The van der Waals surface area contributed by atoms with Gasteiger partial charge in [-0.2, -0.15) is 4.31 Å². The molecule has 1 aromatic rings. The number of sulfonamides is 1. The molecule has 1 saturated heterocycles. The molecular formula is C12H17BrN2O5S. The number of hydrogen-bond acceptors (Lipinski definition) is 5. The average molecular weight is 381 g/mol. The van der Waals surface area contributed by atoms with Gasteiger partial charge in [-0.1, -0.05) is 0 Å². The zero-order chi connectivity index (χ0) is 15.8. The summed E-state index contributed by atoms with van der Waals surface area (Å²) in [4.78, 5) is 12.8. The summed E-state index contributed by atoms with van der Waals surface area (Å²) in [5.74, 6) is -1.72. The zero-order valence-electron chi connectivity index (χ0n) is 11.7. The number of piperidine rings is 1. The first-order chi connectivity index (χ1) is 9.73. The van der Waals surface area contributed by atoms with Gasteiger partial charge in [-0.25, -0.2) is 13.2 Å². The fourth-order valence-electron chi connectivity index (χ4n) is 2.42. The fourth-order valence-corrected chi connectivity index (χ4v) is 4.70. The largest absolute Gasteiger partial charge is 0.475 e. The summed E-state index contributed by atoms with van der Waals surface area (Å²) in [6, 6.07) is 0.897. The van der Waals surface area contributed by atoms with E-state index in [1.807, 2.05) is 7.05 Å². The molecule has 1 aliphatic heterocycles. The molecule has 0 saturated carbocycles. The van der Waals surface area contributed by atoms with Crippen molar-refractivity contribution in [2.24, 2.45) is 0 Å². The van der Waals surface area contributed by atoms with Crippen LogP contribution < -0.4 is 0 Å². The molecule has 1 fully saturated rings. The van der Waals surface area contributed by atoms with Crippen molar-refractivity contribution in [2.75, 3.05) is 27.2 Å². The number of carboxylic acid groups (broad SMARTS) is 1. The molecule has 21 heavy (non-hydrogen) atoms. The van der Waals surface area contributed by atoms with Crippen molar-refractivity contribution in [3.05, 3.63) is 16.5 Å². The Labute approximate surface area is 131 Å². The van der Waals surface area contributed by atoms with E-state index in [4.69, 9.17) is 9.52 Å². The highest BCUT2D eigenvalue weighted by Crippen LogP contribution is 2.30. The molecule has 9 heteroatoms. The highest BCUT2D eigenvalue weighted by Gasteiger charge is 2.34. The number of nitrogens with zero attached hydrogens (tertiary/aromatic N) is 2. The number of carbonyl (C=O) groups is 1. The Hall–Kier alpha value is -0.900. The van der Waals surface area contributed by atoms with Crippen LogP contribution in [0.25, 0.3) is 0 Å². The Morgan fingerprint density at radius 1 is 1.57 bits per heavy atom. The first kappa shape index (κ1) is 16.5. The van der Waals surface area contributed by atoms with Crippen LogP contribution in [0.4, 0.5) is 0 Å². The van der Waals surface area contributed by atoms with Crippen molar-refractivity contribution in [1.29, 1.82) is 0 Å². The molecule has 0 bridgehead atoms. The number of carboxylic acids is 1. The number of furan rings is 1. The smallest absolute Gasteiger partial charge is 0.371 e. The number of rotatable bonds is 4. The van der Waals surface area contributed by atoms with Crippen LogP contribution in [0.5, 0.6) is 0 Å². The molecule has 0 spiro atoms. The van der Waals surface area contributed by atoms with Gasteiger partial charge in [0.25, 0.3) is 0 Å². The van der Waals surface area contributed by atoms with E-state index in [9.17, 15) is 13.2 Å². The number of hydrogen-bond donors (Lipinski definition) is 1. The third-order valence-corrected chi connectivity index (χ3v) is 6.40. The summed E-state index contributed by atoms with van der Waals surface area (Å²) in [6.07, 6.45) is 1.70. The summed E-state index contributed by atoms with van der Waals surface area (Å²) >= 11 is 2.98. The van der Waals surface area contributed by atoms with E-state index < -0.39 is 21.8 Å². The highest BCUT2D eigenvalue weighted by atomic mass is 79.9. The average Bonchev–Trinajstić information content (AvgIpc) is 2.81. The van der Waals surface area contributed by atoms with Crippen LogP contribution in [-0.4, -0.2) is 61.9 Å². The Balaban J connectivity index is 2.30. The van der Waals surface area contributed by atoms with Crippen LogP contribution >= 0.6 is 15.9 Å². The van der Waals surface area contributed by atoms with Gasteiger partial charge in [0.15, 0.2) is 4.67 Å². The topological polar surface area (TPSA) is 91.1 Å². The maximum absolute atomic E-state index is 12.6. The van der Waals surface area contributed by atoms with Gasteiger partial charge in [-0.3, -0.25) is 0 Å². The summed E-state index contributed by atoms with van der Waals surface area (Å²) in [6.45, 7) is 1.60. The summed E-state index contributed by atoms with van der Waals surface area (Å²) < 4.78 is 31.4. The van der Waals surface area contributed by atoms with Crippen molar-refractivity contribution in [3.63, 3.8) is 0 Å². The van der Waals surface area contributed by atoms with E-state index in [0.29, 0.717) is 6.54 Å². The maximum Gasteiger partial charge on any atom is 0.371 e. The number of halogens is 1. The SMILES string of the molecule is CN1CCCC(N(C)S(=O)(=O)c2cc(C(=O)O)oc2Br)C1. The Kier molecular flexibility index (Phi) is 4.76. The van der Waals surface area contributed by atoms with Gasteiger partial charge >= 0.3 is 5.97 Å². The second kappa shape index (κ2) is 6.07. The molecule has 1 aliphatic rings. The lowest BCUT2D eigenvalue weighted by Crippen LogP contribution is -2.47. The number of likely N-dealkylation sites (tertiary alicyclic amines) is 1. The van der Waals surface area contributed by atoms with Gasteiger partial charge in [0.2, 0.25) is 15.8 Å². The molecule has 2 heterocycles. The van der Waals surface area contributed by atoms with E-state index in [0.717, 1.165) is 25.5 Å². The molecular weight excluding hydrogens is 364 g/mol. The van der Waals surface area contributed by atoms with Crippen molar-refractivity contribution < 1.29 is 22.7 Å². The van der Waals surface area contributed by atoms with Crippen molar-refractivity contribution in [3.8, 4) is 0 Å². The monoisotopic (exact) mass is 380 g/mol. The predicted molar refractivity (Wildman–Crippen MR) is 78.8 cm³/mol. The minimum Gasteiger partial charge on any atom is -0.475 e. The minimum absolute atomic E-state index is 0.0871. The predicted octanol–water partition coefficient (Wildman–Crippen LogP) is 1.46. The molecule has 1 N–H and O–H groups in total. The summed E-state index contributed by atoms with van der Waals surface area (Å²) in [5, 5.41) is 8.88. The molecule has 1 unspecified atom stereocenters. The molecule has 0 aliphatic carbocycles. The fraction of sp³-hybridized carbons (Fsp3) is 0.583. The Bertz CT molecular complexity index is 642. The molecule has 7 nitrogen and oxygen atoms in total. The van der Waals surface area contributed by atoms with E-state index in [1.165, 1.54) is 11.4 Å². The Morgan fingerprint density at radius 2 is 2.24 bits per heavy atom. The van der Waals surface area contributed by atoms with Crippen LogP contribution in [0.1, 0.15) is 23.4 Å². The molecule has 1 aromatic heterocycles. The molecule has 118 valence electrons. The number of aromatic carboxylic acids is 1. The van der Waals surface area contributed by atoms with Gasteiger partial charge < -0.3 is 14.4 Å². The van der Waals surface area contributed by atoms with Crippen molar-refractivity contribution >= 4 is 31.9 Å². The minimum atomic E-state index is -3.80. The van der Waals surface area contributed by atoms with Crippen molar-refractivity contribution in [1.82, 2.24) is 9.21 Å². The summed E-state index contributed by atoms with van der Waals surface area (Å²) in [5.41, 5.74) is 0. The third kappa shape index (κ3) is 3.31. The number of likely N-dealkylation sites (N-methyl/N-ethyl adjacent to an activating group) is 2. The molecule has 0 amide bonds. The standard InChI is InChI=1S/C12H17BrN2O5S/c1-14-5-3-4-8(7-14)15(2)21(18,19)10-6-9(12(16)17)20-11(10)13/h6,8H,3-5,7H2,1-2H3,(H,16,17). The lowest BCUT2D eigenvalue weighted by atomic mass is 10.1.